The van der Waals surface area contributed by atoms with E-state index >= 15 is 0 Å². The molecule has 6 nitrogen and oxygen atoms in total. The maximum Gasteiger partial charge on any atom is 0.199 e. The van der Waals surface area contributed by atoms with Crippen LogP contribution in [0.1, 0.15) is 0 Å². The molecular formula is C18H34O6S11. The fourth-order valence-corrected chi connectivity index (χ4v) is 14.6. The third kappa shape index (κ3) is 29.8. The Kier molecular flexibility index (Phi) is 32.6. The number of hydrogen-bond donors (Lipinski definition) is 2. The van der Waals surface area contributed by atoms with Crippen molar-refractivity contribution in [3.8, 4) is 0 Å². The van der Waals surface area contributed by atoms with Crippen LogP contribution in [0.25, 0.3) is 0 Å². The molecule has 0 bridgehead atoms. The maximum atomic E-state index is 12.0. The van der Waals surface area contributed by atoms with Gasteiger partial charge in [0.05, 0.1) is 24.7 Å². The first kappa shape index (κ1) is 38.0. The smallest absolute Gasteiger partial charge is 0.199 e. The lowest BCUT2D eigenvalue weighted by Gasteiger charge is -2.10. The number of aliphatic hydroxyl groups is 2. The number of carbonyl (C=O) groups is 2. The van der Waals surface area contributed by atoms with Gasteiger partial charge >= 0.3 is 0 Å². The SMILES string of the molecule is O=C(CSCSCC[S+]([O-])CSCSCSCSC(=O)CSCSCC[S+]([O-])CCO)SCCO. The molecule has 0 saturated heterocycles. The van der Waals surface area contributed by atoms with Gasteiger partial charge in [0, 0.05) is 42.7 Å². The zero-order valence-corrected chi connectivity index (χ0v) is 28.3. The van der Waals surface area contributed by atoms with Crippen LogP contribution in [0.4, 0.5) is 0 Å². The van der Waals surface area contributed by atoms with Gasteiger partial charge in [-0.1, -0.05) is 46.5 Å². The molecule has 35 heavy (non-hydrogen) atoms. The third-order valence-corrected chi connectivity index (χ3v) is 17.5. The van der Waals surface area contributed by atoms with E-state index in [0.717, 1.165) is 36.9 Å². The Bertz CT molecular complexity index is 510. The van der Waals surface area contributed by atoms with Crippen molar-refractivity contribution in [3.05, 3.63) is 0 Å². The van der Waals surface area contributed by atoms with Crippen molar-refractivity contribution in [3.63, 3.8) is 0 Å². The van der Waals surface area contributed by atoms with E-state index in [9.17, 15) is 18.7 Å². The van der Waals surface area contributed by atoms with Crippen molar-refractivity contribution in [2.24, 2.45) is 0 Å². The molecule has 0 aromatic heterocycles. The second-order valence-corrected chi connectivity index (χ2v) is 20.8. The van der Waals surface area contributed by atoms with Gasteiger partial charge in [0.1, 0.15) is 17.3 Å². The van der Waals surface area contributed by atoms with Crippen molar-refractivity contribution in [1.29, 1.82) is 0 Å². The molecule has 0 fully saturated rings. The highest BCUT2D eigenvalue weighted by atomic mass is 32.3. The number of thioether (sulfide) groups is 9. The van der Waals surface area contributed by atoms with Crippen LogP contribution in [0.2, 0.25) is 0 Å². The molecule has 0 rings (SSSR count). The minimum Gasteiger partial charge on any atom is -0.616 e. The number of aliphatic hydroxyl groups excluding tert-OH is 2. The van der Waals surface area contributed by atoms with Crippen LogP contribution < -0.4 is 0 Å². The molecule has 0 aromatic carbocycles. The van der Waals surface area contributed by atoms with Crippen LogP contribution in [0.15, 0.2) is 0 Å². The fraction of sp³-hybridized carbons (Fsp3) is 0.889. The summed E-state index contributed by atoms with van der Waals surface area (Å²) in [6.07, 6.45) is 0. The van der Waals surface area contributed by atoms with Crippen LogP contribution in [0.3, 0.4) is 0 Å². The average molecular weight is 699 g/mol. The van der Waals surface area contributed by atoms with Gasteiger partial charge in [-0.05, 0) is 11.2 Å². The summed E-state index contributed by atoms with van der Waals surface area (Å²) in [5.74, 6) is 4.62. The molecule has 208 valence electrons. The Morgan fingerprint density at radius 3 is 1.74 bits per heavy atom. The lowest BCUT2D eigenvalue weighted by molar-refractivity contribution is -0.109. The Morgan fingerprint density at radius 1 is 0.571 bits per heavy atom. The van der Waals surface area contributed by atoms with Crippen LogP contribution in [0, 0.1) is 0 Å². The minimum absolute atomic E-state index is 0.0259. The van der Waals surface area contributed by atoms with E-state index in [4.69, 9.17) is 10.2 Å². The summed E-state index contributed by atoms with van der Waals surface area (Å²) in [6.45, 7) is -0.00847. The Morgan fingerprint density at radius 2 is 1.11 bits per heavy atom. The summed E-state index contributed by atoms with van der Waals surface area (Å²) in [4.78, 5) is 23.3. The first-order chi connectivity index (χ1) is 17.0. The third-order valence-electron chi connectivity index (χ3n) is 3.21. The largest absolute Gasteiger partial charge is 0.616 e. The predicted molar refractivity (Wildman–Crippen MR) is 177 cm³/mol. The second kappa shape index (κ2) is 30.0. The number of rotatable bonds is 26. The van der Waals surface area contributed by atoms with Gasteiger partial charge in [0.15, 0.2) is 15.3 Å². The van der Waals surface area contributed by atoms with E-state index in [2.05, 4.69) is 0 Å². The average Bonchev–Trinajstić information content (AvgIpc) is 2.83. The van der Waals surface area contributed by atoms with Gasteiger partial charge < -0.3 is 19.3 Å². The normalized spacial score (nSPS) is 13.1. The molecule has 2 N–H and O–H groups in total. The standard InChI is InChI=1S/C18H34O6S11/c19-1-3-32-17(21)9-27-12-26-5-8-35(24)16-31-14-29-13-30-15-33-18(22)10-28-11-25-4-7-34(23)6-2-20/h19-20H,1-16H2. The van der Waals surface area contributed by atoms with Gasteiger partial charge in [-0.15, -0.1) is 70.6 Å². The lowest BCUT2D eigenvalue weighted by Crippen LogP contribution is -2.15. The van der Waals surface area contributed by atoms with E-state index in [1.54, 1.807) is 82.3 Å². The fourth-order valence-electron chi connectivity index (χ4n) is 1.72. The minimum atomic E-state index is -0.939. The Balaban J connectivity index is 3.34. The topological polar surface area (TPSA) is 121 Å². The molecule has 0 aromatic rings. The molecule has 0 aliphatic rings. The molecule has 0 spiro atoms. The maximum absolute atomic E-state index is 12.0. The van der Waals surface area contributed by atoms with Crippen LogP contribution in [-0.2, 0) is 31.9 Å². The predicted octanol–water partition coefficient (Wildman–Crippen LogP) is 3.87. The summed E-state index contributed by atoms with van der Waals surface area (Å²) in [6, 6.07) is 0. The highest BCUT2D eigenvalue weighted by Crippen LogP contribution is 2.24. The molecule has 0 radical (unpaired) electrons. The first-order valence-corrected chi connectivity index (χ1v) is 23.3. The molecule has 0 saturated carbocycles. The number of carbonyl (C=O) groups excluding carboxylic acids is 2. The summed E-state index contributed by atoms with van der Waals surface area (Å²) in [5.41, 5.74) is 0. The molecule has 2 atom stereocenters. The summed E-state index contributed by atoms with van der Waals surface area (Å²) in [5, 5.41) is 22.5. The molecule has 0 aliphatic carbocycles. The highest BCUT2D eigenvalue weighted by molar-refractivity contribution is 8.30. The summed E-state index contributed by atoms with van der Waals surface area (Å²) < 4.78 is 23.4. The zero-order valence-electron chi connectivity index (χ0n) is 19.3. The molecule has 2 unspecified atom stereocenters. The number of hydrogen-bond acceptors (Lipinski definition) is 15. The molecule has 0 amide bonds. The van der Waals surface area contributed by atoms with Crippen molar-refractivity contribution < 1.29 is 28.9 Å². The van der Waals surface area contributed by atoms with Gasteiger partial charge in [0.2, 0.25) is 0 Å². The molecular weight excluding hydrogens is 665 g/mol. The molecule has 0 heterocycles. The van der Waals surface area contributed by atoms with Gasteiger partial charge in [-0.3, -0.25) is 9.59 Å². The van der Waals surface area contributed by atoms with E-state index in [0.29, 0.717) is 39.6 Å². The van der Waals surface area contributed by atoms with Gasteiger partial charge in [0.25, 0.3) is 0 Å². The van der Waals surface area contributed by atoms with Crippen molar-refractivity contribution in [1.82, 2.24) is 0 Å². The van der Waals surface area contributed by atoms with Crippen molar-refractivity contribution >= 4 is 138 Å². The van der Waals surface area contributed by atoms with E-state index in [1.165, 1.54) is 23.5 Å². The van der Waals surface area contributed by atoms with E-state index < -0.39 is 22.4 Å². The lowest BCUT2D eigenvalue weighted by atomic mass is 10.9. The highest BCUT2D eigenvalue weighted by Gasteiger charge is 2.08. The van der Waals surface area contributed by atoms with E-state index in [-0.39, 0.29) is 23.4 Å². The van der Waals surface area contributed by atoms with Crippen LogP contribution in [0.5, 0.6) is 0 Å². The quantitative estimate of drug-likeness (QED) is 0.0772. The second-order valence-electron chi connectivity index (χ2n) is 6.01. The monoisotopic (exact) mass is 698 g/mol. The first-order valence-electron chi connectivity index (χ1n) is 10.3. The molecule has 0 aliphatic heterocycles. The summed E-state index contributed by atoms with van der Waals surface area (Å²) in [7, 11) is 0. The molecule has 17 heteroatoms. The summed E-state index contributed by atoms with van der Waals surface area (Å²) >= 11 is 12.5. The van der Waals surface area contributed by atoms with Crippen LogP contribution in [-0.4, -0.2) is 119 Å². The van der Waals surface area contributed by atoms with Crippen molar-refractivity contribution in [2.75, 3.05) is 89.7 Å². The van der Waals surface area contributed by atoms with E-state index in [1.807, 2.05) is 0 Å². The van der Waals surface area contributed by atoms with Crippen molar-refractivity contribution in [2.45, 2.75) is 0 Å². The van der Waals surface area contributed by atoms with Gasteiger partial charge in [-0.2, -0.15) is 0 Å². The Labute approximate surface area is 254 Å². The van der Waals surface area contributed by atoms with Gasteiger partial charge in [-0.25, -0.2) is 0 Å². The Hall–Kier alpha value is 3.03. The van der Waals surface area contributed by atoms with Crippen LogP contribution >= 0.6 is 106 Å². The zero-order chi connectivity index (χ0) is 26.0.